The monoisotopic (exact) mass is 352 g/mol. The third-order valence-electron chi connectivity index (χ3n) is 3.67. The molecule has 0 aromatic heterocycles. The van der Waals surface area contributed by atoms with E-state index in [9.17, 15) is 34.8 Å². The second-order valence-corrected chi connectivity index (χ2v) is 5.40. The first-order valence-electron chi connectivity index (χ1n) is 6.84. The largest absolute Gasteiger partial charge is 0.477 e. The number of nitrogens with two attached hydrogens (primary N) is 1. The van der Waals surface area contributed by atoms with Crippen molar-refractivity contribution in [1.29, 1.82) is 0 Å². The maximum absolute atomic E-state index is 11.6. The average Bonchev–Trinajstić information content (AvgIpc) is 2.47. The number of rotatable bonds is 5. The lowest BCUT2D eigenvalue weighted by molar-refractivity contribution is -0.301. The lowest BCUT2D eigenvalue weighted by atomic mass is 9.87. The summed E-state index contributed by atoms with van der Waals surface area (Å²) in [5, 5.41) is 57.5. The van der Waals surface area contributed by atoms with Crippen LogP contribution in [0.4, 0.5) is 4.79 Å². The molecule has 138 valence electrons. The summed E-state index contributed by atoms with van der Waals surface area (Å²) in [5.41, 5.74) is 5.06. The van der Waals surface area contributed by atoms with Crippen molar-refractivity contribution >= 4 is 17.9 Å². The van der Waals surface area contributed by atoms with Gasteiger partial charge in [0.25, 0.3) is 5.79 Å². The molecule has 0 spiro atoms. The van der Waals surface area contributed by atoms with E-state index in [-0.39, 0.29) is 0 Å². The molecule has 1 heterocycles. The second-order valence-electron chi connectivity index (χ2n) is 5.40. The number of hydrogen-bond acceptors (Lipinski definition) is 9. The van der Waals surface area contributed by atoms with Crippen LogP contribution in [0.15, 0.2) is 0 Å². The Bertz CT molecular complexity index is 500. The van der Waals surface area contributed by atoms with Gasteiger partial charge in [0.05, 0.1) is 18.8 Å². The number of primary amides is 1. The smallest absolute Gasteiger partial charge is 0.364 e. The first kappa shape index (κ1) is 20.2. The number of aliphatic hydroxyl groups excluding tert-OH is 4. The minimum Gasteiger partial charge on any atom is -0.477 e. The highest BCUT2D eigenvalue weighted by Gasteiger charge is 2.56. The van der Waals surface area contributed by atoms with Crippen LogP contribution in [0, 0.1) is 0 Å². The molecule has 1 aliphatic heterocycles. The van der Waals surface area contributed by atoms with Crippen LogP contribution in [0.5, 0.6) is 0 Å². The van der Waals surface area contributed by atoms with Crippen LogP contribution in [0.2, 0.25) is 0 Å². The number of aliphatic carboxylic acids is 1. The number of carbonyl (C=O) groups excluding carboxylic acids is 2. The summed E-state index contributed by atoms with van der Waals surface area (Å²) in [7, 11) is 0. The van der Waals surface area contributed by atoms with E-state index in [1.807, 2.05) is 0 Å². The molecule has 0 radical (unpaired) electrons. The molecule has 8 N–H and O–H groups in total. The summed E-state index contributed by atoms with van der Waals surface area (Å²) in [6.07, 6.45) is -8.65. The summed E-state index contributed by atoms with van der Waals surface area (Å²) in [5.74, 6) is -5.80. The van der Waals surface area contributed by atoms with Crippen LogP contribution in [-0.4, -0.2) is 96.3 Å². The Balaban J connectivity index is 3.34. The topological polar surface area (TPSA) is 211 Å². The van der Waals surface area contributed by atoms with Gasteiger partial charge in [0.1, 0.15) is 18.3 Å². The van der Waals surface area contributed by atoms with Crippen LogP contribution >= 0.6 is 0 Å². The molecule has 0 aliphatic carbocycles. The van der Waals surface area contributed by atoms with Crippen molar-refractivity contribution in [2.24, 2.45) is 5.73 Å². The van der Waals surface area contributed by atoms with Crippen molar-refractivity contribution in [1.82, 2.24) is 4.90 Å². The molecular formula is C12H20N2O10. The zero-order valence-electron chi connectivity index (χ0n) is 12.6. The van der Waals surface area contributed by atoms with Gasteiger partial charge in [-0.15, -0.1) is 0 Å². The van der Waals surface area contributed by atoms with Crippen molar-refractivity contribution in [3.05, 3.63) is 0 Å². The number of carboxylic acid groups (broad SMARTS) is 1. The number of aliphatic hydroxyl groups is 5. The van der Waals surface area contributed by atoms with Gasteiger partial charge in [0.15, 0.2) is 0 Å². The van der Waals surface area contributed by atoms with Crippen LogP contribution < -0.4 is 5.73 Å². The van der Waals surface area contributed by atoms with Gasteiger partial charge in [0.2, 0.25) is 5.91 Å². The first-order valence-corrected chi connectivity index (χ1v) is 6.84. The molecule has 1 saturated heterocycles. The highest BCUT2D eigenvalue weighted by molar-refractivity contribution is 5.93. The Morgan fingerprint density at radius 3 is 2.29 bits per heavy atom. The lowest BCUT2D eigenvalue weighted by Crippen LogP contribution is -2.69. The van der Waals surface area contributed by atoms with Crippen molar-refractivity contribution in [2.75, 3.05) is 6.61 Å². The van der Waals surface area contributed by atoms with Crippen molar-refractivity contribution in [3.8, 4) is 0 Å². The number of amides is 3. The zero-order valence-corrected chi connectivity index (χ0v) is 12.6. The average molecular weight is 352 g/mol. The van der Waals surface area contributed by atoms with Gasteiger partial charge in [-0.05, 0) is 0 Å². The van der Waals surface area contributed by atoms with E-state index in [0.717, 1.165) is 6.92 Å². The fourth-order valence-corrected chi connectivity index (χ4v) is 2.53. The molecule has 12 nitrogen and oxygen atoms in total. The standard InChI is InChI=1S/C12H20N2O10/c1-4(16)14(11(13)22)7-5(17)2-12(23,10(20)21)24-9(7)8(19)6(18)3-15/h5-9,15,17-19,23H,2-3H2,1H3,(H2,13,22)(H,20,21)/t5-,6+,7+,8+,9+,12-/m0/s1. The maximum atomic E-state index is 11.6. The normalized spacial score (nSPS) is 32.7. The second kappa shape index (κ2) is 7.38. The quantitative estimate of drug-likeness (QED) is 0.254. The molecule has 0 aromatic carbocycles. The molecule has 1 rings (SSSR count). The van der Waals surface area contributed by atoms with Gasteiger partial charge in [0, 0.05) is 13.3 Å². The molecule has 1 aliphatic rings. The number of urea groups is 1. The lowest BCUT2D eigenvalue weighted by Gasteiger charge is -2.47. The van der Waals surface area contributed by atoms with Crippen molar-refractivity contribution in [3.63, 3.8) is 0 Å². The molecule has 6 atom stereocenters. The summed E-state index contributed by atoms with van der Waals surface area (Å²) in [6, 6.07) is -3.03. The molecule has 1 fully saturated rings. The molecule has 12 heteroatoms. The van der Waals surface area contributed by atoms with E-state index < -0.39 is 67.2 Å². The number of carbonyl (C=O) groups is 3. The van der Waals surface area contributed by atoms with Gasteiger partial charge in [-0.25, -0.2) is 9.59 Å². The van der Waals surface area contributed by atoms with E-state index in [1.54, 1.807) is 0 Å². The van der Waals surface area contributed by atoms with E-state index >= 15 is 0 Å². The fraction of sp³-hybridized carbons (Fsp3) is 0.750. The zero-order chi connectivity index (χ0) is 18.8. The number of ether oxygens (including phenoxy) is 1. The van der Waals surface area contributed by atoms with Crippen LogP contribution in [0.1, 0.15) is 13.3 Å². The maximum Gasteiger partial charge on any atom is 0.364 e. The van der Waals surface area contributed by atoms with Gasteiger partial charge in [-0.2, -0.15) is 0 Å². The van der Waals surface area contributed by atoms with Crippen LogP contribution in [0.3, 0.4) is 0 Å². The summed E-state index contributed by atoms with van der Waals surface area (Å²) < 4.78 is 4.86. The number of carboxylic acids is 1. The highest BCUT2D eigenvalue weighted by atomic mass is 16.7. The Morgan fingerprint density at radius 1 is 1.38 bits per heavy atom. The Hall–Kier alpha value is -1.83. The highest BCUT2D eigenvalue weighted by Crippen LogP contribution is 2.33. The van der Waals surface area contributed by atoms with E-state index in [1.165, 1.54) is 0 Å². The van der Waals surface area contributed by atoms with E-state index in [0.29, 0.717) is 4.90 Å². The predicted molar refractivity (Wildman–Crippen MR) is 73.1 cm³/mol. The van der Waals surface area contributed by atoms with Crippen molar-refractivity contribution in [2.45, 2.75) is 49.6 Å². The summed E-state index contributed by atoms with van der Waals surface area (Å²) >= 11 is 0. The molecular weight excluding hydrogens is 332 g/mol. The fourth-order valence-electron chi connectivity index (χ4n) is 2.53. The molecule has 0 bridgehead atoms. The summed E-state index contributed by atoms with van der Waals surface area (Å²) in [6.45, 7) is -0.0621. The SMILES string of the molecule is CC(=O)N(C(N)=O)[C@H]1[C@H]([C@H](O)[C@H](O)CO)O[C@](O)(C(=O)O)C[C@@H]1O. The van der Waals surface area contributed by atoms with Gasteiger partial charge in [-0.3, -0.25) is 9.69 Å². The Labute approximate surface area is 135 Å². The third kappa shape index (κ3) is 3.80. The number of nitrogens with zero attached hydrogens (tertiary/aromatic N) is 1. The van der Waals surface area contributed by atoms with Gasteiger partial charge < -0.3 is 41.1 Å². The van der Waals surface area contributed by atoms with Crippen LogP contribution in [0.25, 0.3) is 0 Å². The Kier molecular flexibility index (Phi) is 6.21. The molecule has 0 unspecified atom stereocenters. The van der Waals surface area contributed by atoms with Gasteiger partial charge >= 0.3 is 12.0 Å². The number of hydrogen-bond donors (Lipinski definition) is 7. The first-order chi connectivity index (χ1) is 11.0. The predicted octanol–water partition coefficient (Wildman–Crippen LogP) is -4.08. The van der Waals surface area contributed by atoms with E-state index in [4.69, 9.17) is 20.7 Å². The minimum atomic E-state index is -2.95. The number of imide groups is 1. The molecule has 0 aromatic rings. The van der Waals surface area contributed by atoms with Crippen LogP contribution in [-0.2, 0) is 14.3 Å². The molecule has 3 amide bonds. The van der Waals surface area contributed by atoms with Gasteiger partial charge in [-0.1, -0.05) is 0 Å². The minimum absolute atomic E-state index is 0.310. The third-order valence-corrected chi connectivity index (χ3v) is 3.67. The summed E-state index contributed by atoms with van der Waals surface area (Å²) in [4.78, 5) is 34.5. The molecule has 24 heavy (non-hydrogen) atoms. The molecule has 0 saturated carbocycles. The Morgan fingerprint density at radius 2 is 1.92 bits per heavy atom. The van der Waals surface area contributed by atoms with Crippen molar-refractivity contribution < 1.29 is 49.8 Å². The van der Waals surface area contributed by atoms with E-state index in [2.05, 4.69) is 0 Å².